The number of thioether (sulfide) groups is 1. The third kappa shape index (κ3) is 3.83. The molecule has 0 aliphatic heterocycles. The molecule has 7 heteroatoms. The minimum atomic E-state index is 0.437. The van der Waals surface area contributed by atoms with Crippen LogP contribution in [0, 0.1) is 6.92 Å². The van der Waals surface area contributed by atoms with Gasteiger partial charge in [0, 0.05) is 11.4 Å². The summed E-state index contributed by atoms with van der Waals surface area (Å²) in [5, 5.41) is 4.06. The summed E-state index contributed by atoms with van der Waals surface area (Å²) < 4.78 is 1.12. The quantitative estimate of drug-likeness (QED) is 0.624. The monoisotopic (exact) mass is 369 g/mol. The van der Waals surface area contributed by atoms with Crippen molar-refractivity contribution in [2.45, 2.75) is 6.92 Å². The lowest BCUT2D eigenvalue weighted by Crippen LogP contribution is -2.10. The number of nitrogens with one attached hydrogen (secondary N) is 1. The zero-order valence-electron chi connectivity index (χ0n) is 14.1. The highest BCUT2D eigenvalue weighted by atomic mass is 32.2. The number of rotatable bonds is 6. The molecule has 0 aliphatic carbocycles. The lowest BCUT2D eigenvalue weighted by molar-refractivity contribution is 1.08. The lowest BCUT2D eigenvalue weighted by Gasteiger charge is -2.10. The smallest absolute Gasteiger partial charge is 0.225 e. The second-order valence-corrected chi connectivity index (χ2v) is 7.27. The molecule has 0 atom stereocenters. The topological polar surface area (TPSA) is 76.7 Å². The Bertz CT molecular complexity index is 890. The fourth-order valence-corrected chi connectivity index (χ4v) is 3.93. The summed E-state index contributed by atoms with van der Waals surface area (Å²) in [6.07, 6.45) is 5.75. The largest absolute Gasteiger partial charge is 0.383 e. The molecule has 1 aromatic carbocycles. The molecule has 0 fully saturated rings. The van der Waals surface area contributed by atoms with Gasteiger partial charge in [-0.15, -0.1) is 23.1 Å². The standard InChI is InChI=1S/C18H19N5S2/c1-4-7-12(24-3)10-20-18-21-11(2)15(16(19)23-18)17-22-13-8-5-6-9-14(13)25-17/h4-9H,1,10H2,2-3H3,(H3,19,20,21,23)/b12-7-. The van der Waals surface area contributed by atoms with Crippen LogP contribution in [0.15, 0.2) is 47.9 Å². The number of thiazole rings is 1. The first-order valence-electron chi connectivity index (χ1n) is 7.72. The highest BCUT2D eigenvalue weighted by Crippen LogP contribution is 2.34. The third-order valence-corrected chi connectivity index (χ3v) is 5.47. The number of nitrogens with zero attached hydrogens (tertiary/aromatic N) is 3. The van der Waals surface area contributed by atoms with Gasteiger partial charge in [0.15, 0.2) is 0 Å². The summed E-state index contributed by atoms with van der Waals surface area (Å²) in [7, 11) is 0. The summed E-state index contributed by atoms with van der Waals surface area (Å²) in [4.78, 5) is 14.8. The van der Waals surface area contributed by atoms with E-state index in [4.69, 9.17) is 5.73 Å². The SMILES string of the molecule is C=C/C=C(/CNc1nc(C)c(-c2nc3ccccc3s2)c(N)n1)SC. The highest BCUT2D eigenvalue weighted by molar-refractivity contribution is 8.02. The van der Waals surface area contributed by atoms with E-state index in [0.717, 1.165) is 31.4 Å². The van der Waals surface area contributed by atoms with E-state index in [1.807, 2.05) is 37.5 Å². The molecule has 0 saturated carbocycles. The number of benzene rings is 1. The van der Waals surface area contributed by atoms with Crippen LogP contribution >= 0.6 is 23.1 Å². The number of nitrogens with two attached hydrogens (primary N) is 1. The van der Waals surface area contributed by atoms with Crippen molar-refractivity contribution in [2.24, 2.45) is 0 Å². The van der Waals surface area contributed by atoms with Crippen molar-refractivity contribution in [3.8, 4) is 10.6 Å². The van der Waals surface area contributed by atoms with Crippen molar-refractivity contribution in [3.63, 3.8) is 0 Å². The van der Waals surface area contributed by atoms with Gasteiger partial charge in [-0.25, -0.2) is 9.97 Å². The van der Waals surface area contributed by atoms with Crippen LogP contribution in [0.3, 0.4) is 0 Å². The van der Waals surface area contributed by atoms with Crippen LogP contribution in [0.4, 0.5) is 11.8 Å². The fraction of sp³-hybridized carbons (Fsp3) is 0.167. The first-order valence-corrected chi connectivity index (χ1v) is 9.76. The van der Waals surface area contributed by atoms with E-state index in [2.05, 4.69) is 32.9 Å². The number of allylic oxidation sites excluding steroid dienone is 2. The van der Waals surface area contributed by atoms with Gasteiger partial charge in [-0.3, -0.25) is 0 Å². The molecule has 3 rings (SSSR count). The summed E-state index contributed by atoms with van der Waals surface area (Å²) >= 11 is 3.25. The summed E-state index contributed by atoms with van der Waals surface area (Å²) in [6.45, 7) is 6.28. The molecule has 25 heavy (non-hydrogen) atoms. The fourth-order valence-electron chi connectivity index (χ4n) is 2.41. The Hall–Kier alpha value is -2.38. The molecule has 0 amide bonds. The van der Waals surface area contributed by atoms with Crippen LogP contribution in [0.25, 0.3) is 20.8 Å². The first kappa shape index (κ1) is 17.4. The summed E-state index contributed by atoms with van der Waals surface area (Å²) in [5.74, 6) is 0.955. The molecule has 128 valence electrons. The van der Waals surface area contributed by atoms with Gasteiger partial charge in [0.2, 0.25) is 5.95 Å². The van der Waals surface area contributed by atoms with Gasteiger partial charge in [0.25, 0.3) is 0 Å². The van der Waals surface area contributed by atoms with Crippen molar-refractivity contribution in [1.29, 1.82) is 0 Å². The molecule has 3 N–H and O–H groups in total. The molecule has 5 nitrogen and oxygen atoms in total. The Kier molecular flexibility index (Phi) is 5.35. The molecule has 0 spiro atoms. The van der Waals surface area contributed by atoms with E-state index >= 15 is 0 Å². The number of fused-ring (bicyclic) bond motifs is 1. The molecular weight excluding hydrogens is 350 g/mol. The number of anilines is 2. The number of aromatic nitrogens is 3. The average molecular weight is 370 g/mol. The maximum absolute atomic E-state index is 6.21. The Morgan fingerprint density at radius 3 is 2.80 bits per heavy atom. The Labute approximate surface area is 155 Å². The van der Waals surface area contributed by atoms with Crippen molar-refractivity contribution in [3.05, 3.63) is 53.6 Å². The number of hydrogen-bond acceptors (Lipinski definition) is 7. The Morgan fingerprint density at radius 1 is 1.32 bits per heavy atom. The molecule has 2 heterocycles. The second-order valence-electron chi connectivity index (χ2n) is 5.31. The molecule has 0 unspecified atom stereocenters. The third-order valence-electron chi connectivity index (χ3n) is 3.61. The minimum absolute atomic E-state index is 0.437. The maximum Gasteiger partial charge on any atom is 0.225 e. The van der Waals surface area contributed by atoms with Crippen molar-refractivity contribution >= 4 is 45.1 Å². The molecule has 3 aromatic rings. The first-order chi connectivity index (χ1) is 12.1. The van der Waals surface area contributed by atoms with E-state index < -0.39 is 0 Å². The average Bonchev–Trinajstić information content (AvgIpc) is 3.01. The van der Waals surface area contributed by atoms with Gasteiger partial charge in [0.1, 0.15) is 10.8 Å². The predicted molar refractivity (Wildman–Crippen MR) is 110 cm³/mol. The van der Waals surface area contributed by atoms with Crippen LogP contribution in [0.1, 0.15) is 5.69 Å². The number of aryl methyl sites for hydroxylation is 1. The van der Waals surface area contributed by atoms with Crippen molar-refractivity contribution < 1.29 is 0 Å². The lowest BCUT2D eigenvalue weighted by atomic mass is 10.2. The Balaban J connectivity index is 1.90. The number of nitrogen functional groups attached to an aromatic ring is 1. The van der Waals surface area contributed by atoms with Crippen molar-refractivity contribution in [1.82, 2.24) is 15.0 Å². The minimum Gasteiger partial charge on any atom is -0.383 e. The van der Waals surface area contributed by atoms with Gasteiger partial charge in [-0.05, 0) is 25.3 Å². The predicted octanol–water partition coefficient (Wildman–Crippen LogP) is 4.49. The molecule has 0 radical (unpaired) electrons. The van der Waals surface area contributed by atoms with E-state index in [-0.39, 0.29) is 0 Å². The van der Waals surface area contributed by atoms with Crippen LogP contribution in [0.5, 0.6) is 0 Å². The molecule has 2 aromatic heterocycles. The second kappa shape index (κ2) is 7.67. The van der Waals surface area contributed by atoms with Gasteiger partial charge in [-0.1, -0.05) is 30.9 Å². The maximum atomic E-state index is 6.21. The molecule has 0 aliphatic rings. The zero-order valence-corrected chi connectivity index (χ0v) is 15.7. The number of para-hydroxylation sites is 1. The van der Waals surface area contributed by atoms with Crippen LogP contribution in [-0.2, 0) is 0 Å². The van der Waals surface area contributed by atoms with Crippen LogP contribution in [0.2, 0.25) is 0 Å². The molecular formula is C18H19N5S2. The van der Waals surface area contributed by atoms with E-state index in [1.54, 1.807) is 29.2 Å². The van der Waals surface area contributed by atoms with Crippen LogP contribution in [-0.4, -0.2) is 27.8 Å². The van der Waals surface area contributed by atoms with E-state index in [9.17, 15) is 0 Å². The van der Waals surface area contributed by atoms with Gasteiger partial charge in [0.05, 0.1) is 21.5 Å². The van der Waals surface area contributed by atoms with E-state index in [1.165, 1.54) is 0 Å². The van der Waals surface area contributed by atoms with Gasteiger partial charge < -0.3 is 11.1 Å². The van der Waals surface area contributed by atoms with Gasteiger partial charge in [-0.2, -0.15) is 4.98 Å². The highest BCUT2D eigenvalue weighted by Gasteiger charge is 2.15. The Morgan fingerprint density at radius 2 is 2.12 bits per heavy atom. The van der Waals surface area contributed by atoms with E-state index in [0.29, 0.717) is 18.3 Å². The molecule has 0 bridgehead atoms. The van der Waals surface area contributed by atoms with Crippen LogP contribution < -0.4 is 11.1 Å². The molecule has 0 saturated heterocycles. The van der Waals surface area contributed by atoms with Gasteiger partial charge >= 0.3 is 0 Å². The summed E-state index contributed by atoms with van der Waals surface area (Å²) in [5.41, 5.74) is 8.79. The van der Waals surface area contributed by atoms with Crippen molar-refractivity contribution in [2.75, 3.05) is 23.9 Å². The summed E-state index contributed by atoms with van der Waals surface area (Å²) in [6, 6.07) is 8.03. The zero-order chi connectivity index (χ0) is 17.8. The number of hydrogen-bond donors (Lipinski definition) is 2. The normalized spacial score (nSPS) is 11.7.